The predicted molar refractivity (Wildman–Crippen MR) is 117 cm³/mol. The number of anilines is 2. The first-order chi connectivity index (χ1) is 13.6. The number of hydrogen-bond acceptors (Lipinski definition) is 4. The van der Waals surface area contributed by atoms with Crippen LogP contribution < -0.4 is 10.6 Å². The predicted octanol–water partition coefficient (Wildman–Crippen LogP) is 4.83. The van der Waals surface area contributed by atoms with E-state index in [1.54, 1.807) is 11.8 Å². The lowest BCUT2D eigenvalue weighted by Crippen LogP contribution is -2.40. The Morgan fingerprint density at radius 2 is 1.89 bits per heavy atom. The van der Waals surface area contributed by atoms with Crippen molar-refractivity contribution in [3.05, 3.63) is 47.5 Å². The molecular formula is C23H29N3OS. The summed E-state index contributed by atoms with van der Waals surface area (Å²) in [6.07, 6.45) is 4.43. The van der Waals surface area contributed by atoms with Gasteiger partial charge in [-0.25, -0.2) is 0 Å². The van der Waals surface area contributed by atoms with Crippen LogP contribution in [0.2, 0.25) is 0 Å². The van der Waals surface area contributed by atoms with Gasteiger partial charge in [0.25, 0.3) is 0 Å². The SMILES string of the molecule is CCCc1c(C(N)=O)ccc2c1N(C(C)CN1CCCC1)c1ccccc1S2. The van der Waals surface area contributed by atoms with E-state index in [-0.39, 0.29) is 5.91 Å². The van der Waals surface area contributed by atoms with Crippen molar-refractivity contribution in [2.24, 2.45) is 5.73 Å². The third-order valence-corrected chi connectivity index (χ3v) is 6.87. The average Bonchev–Trinajstić information content (AvgIpc) is 3.19. The van der Waals surface area contributed by atoms with Crippen LogP contribution in [0.4, 0.5) is 11.4 Å². The van der Waals surface area contributed by atoms with E-state index in [9.17, 15) is 4.79 Å². The van der Waals surface area contributed by atoms with E-state index in [4.69, 9.17) is 5.73 Å². The lowest BCUT2D eigenvalue weighted by molar-refractivity contribution is 0.0999. The van der Waals surface area contributed by atoms with Crippen molar-refractivity contribution < 1.29 is 4.79 Å². The zero-order valence-corrected chi connectivity index (χ0v) is 17.6. The van der Waals surface area contributed by atoms with Crippen molar-refractivity contribution in [3.8, 4) is 0 Å². The first-order valence-electron chi connectivity index (χ1n) is 10.3. The zero-order valence-electron chi connectivity index (χ0n) is 16.8. The Morgan fingerprint density at radius 1 is 1.14 bits per heavy atom. The number of nitrogens with two attached hydrogens (primary N) is 1. The van der Waals surface area contributed by atoms with Gasteiger partial charge in [-0.2, -0.15) is 0 Å². The molecule has 2 heterocycles. The van der Waals surface area contributed by atoms with Crippen LogP contribution >= 0.6 is 11.8 Å². The van der Waals surface area contributed by atoms with E-state index in [0.29, 0.717) is 11.6 Å². The fourth-order valence-corrected chi connectivity index (χ4v) is 5.66. The fourth-order valence-electron chi connectivity index (χ4n) is 4.55. The molecular weight excluding hydrogens is 366 g/mol. The van der Waals surface area contributed by atoms with Crippen LogP contribution in [-0.4, -0.2) is 36.5 Å². The molecule has 1 saturated heterocycles. The number of primary amides is 1. The fraction of sp³-hybridized carbons (Fsp3) is 0.435. The standard InChI is InChI=1S/C23H29N3OS/c1-3-8-17-18(23(24)27)11-12-21-22(17)26(16(2)15-25-13-6-7-14-25)19-9-4-5-10-20(19)28-21/h4-5,9-12,16H,3,6-8,13-15H2,1-2H3,(H2,24,27). The molecule has 5 heteroatoms. The second-order valence-corrected chi connectivity index (χ2v) is 8.93. The first kappa shape index (κ1) is 19.3. The zero-order chi connectivity index (χ0) is 19.7. The maximum absolute atomic E-state index is 12.2. The highest BCUT2D eigenvalue weighted by Gasteiger charge is 2.32. The average molecular weight is 396 g/mol. The summed E-state index contributed by atoms with van der Waals surface area (Å²) in [5, 5.41) is 0. The number of rotatable bonds is 6. The van der Waals surface area contributed by atoms with Crippen LogP contribution in [0.5, 0.6) is 0 Å². The van der Waals surface area contributed by atoms with Gasteiger partial charge in [0.15, 0.2) is 0 Å². The number of hydrogen-bond donors (Lipinski definition) is 1. The Balaban J connectivity index is 1.84. The lowest BCUT2D eigenvalue weighted by Gasteiger charge is -2.40. The van der Waals surface area contributed by atoms with Gasteiger partial charge in [0.1, 0.15) is 0 Å². The number of para-hydroxylation sites is 1. The van der Waals surface area contributed by atoms with Crippen LogP contribution in [0.15, 0.2) is 46.2 Å². The van der Waals surface area contributed by atoms with Gasteiger partial charge in [-0.1, -0.05) is 37.2 Å². The van der Waals surface area contributed by atoms with Gasteiger partial charge >= 0.3 is 0 Å². The highest BCUT2D eigenvalue weighted by atomic mass is 32.2. The second-order valence-electron chi connectivity index (χ2n) is 7.85. The van der Waals surface area contributed by atoms with E-state index < -0.39 is 0 Å². The number of carbonyl (C=O) groups excluding carboxylic acids is 1. The highest BCUT2D eigenvalue weighted by Crippen LogP contribution is 2.51. The summed E-state index contributed by atoms with van der Waals surface area (Å²) >= 11 is 1.80. The summed E-state index contributed by atoms with van der Waals surface area (Å²) in [5.74, 6) is -0.331. The Labute approximate surface area is 172 Å². The van der Waals surface area contributed by atoms with Gasteiger partial charge in [-0.3, -0.25) is 4.79 Å². The monoisotopic (exact) mass is 395 g/mol. The summed E-state index contributed by atoms with van der Waals surface area (Å²) in [6.45, 7) is 7.87. The smallest absolute Gasteiger partial charge is 0.249 e. The van der Waals surface area contributed by atoms with Gasteiger partial charge in [0.05, 0.1) is 11.4 Å². The third kappa shape index (κ3) is 3.53. The molecule has 4 nitrogen and oxygen atoms in total. The molecule has 0 radical (unpaired) electrons. The number of carbonyl (C=O) groups is 1. The molecule has 2 aromatic carbocycles. The van der Waals surface area contributed by atoms with Crippen molar-refractivity contribution in [1.29, 1.82) is 0 Å². The molecule has 2 aromatic rings. The molecule has 28 heavy (non-hydrogen) atoms. The number of amides is 1. The molecule has 0 bridgehead atoms. The lowest BCUT2D eigenvalue weighted by atomic mass is 9.97. The number of benzene rings is 2. The van der Waals surface area contributed by atoms with Crippen LogP contribution in [0.3, 0.4) is 0 Å². The van der Waals surface area contributed by atoms with E-state index >= 15 is 0 Å². The molecule has 0 spiro atoms. The topological polar surface area (TPSA) is 49.6 Å². The van der Waals surface area contributed by atoms with Gasteiger partial charge < -0.3 is 15.5 Å². The molecule has 2 aliphatic rings. The molecule has 1 amide bonds. The minimum absolute atomic E-state index is 0.317. The van der Waals surface area contributed by atoms with E-state index in [1.807, 2.05) is 6.07 Å². The molecule has 0 aromatic heterocycles. The second kappa shape index (κ2) is 8.18. The van der Waals surface area contributed by atoms with Crippen molar-refractivity contribution in [2.45, 2.75) is 55.4 Å². The van der Waals surface area contributed by atoms with Crippen LogP contribution in [0.1, 0.15) is 49.0 Å². The summed E-state index contributed by atoms with van der Waals surface area (Å²) in [5.41, 5.74) is 9.95. The van der Waals surface area contributed by atoms with Gasteiger partial charge in [-0.15, -0.1) is 0 Å². The molecule has 2 aliphatic heterocycles. The quantitative estimate of drug-likeness (QED) is 0.761. The summed E-state index contributed by atoms with van der Waals surface area (Å²) in [6, 6.07) is 12.9. The number of nitrogens with zero attached hydrogens (tertiary/aromatic N) is 2. The maximum atomic E-state index is 12.2. The molecule has 2 N–H and O–H groups in total. The largest absolute Gasteiger partial charge is 0.366 e. The van der Waals surface area contributed by atoms with E-state index in [1.165, 1.54) is 47.1 Å². The molecule has 1 atom stereocenters. The maximum Gasteiger partial charge on any atom is 0.249 e. The summed E-state index contributed by atoms with van der Waals surface area (Å²) in [7, 11) is 0. The number of fused-ring (bicyclic) bond motifs is 2. The van der Waals surface area contributed by atoms with Crippen molar-refractivity contribution in [2.75, 3.05) is 24.5 Å². The molecule has 4 rings (SSSR count). The Hall–Kier alpha value is -1.98. The Kier molecular flexibility index (Phi) is 5.65. The first-order valence-corrected chi connectivity index (χ1v) is 11.2. The van der Waals surface area contributed by atoms with E-state index in [2.05, 4.69) is 54.0 Å². The van der Waals surface area contributed by atoms with Crippen molar-refractivity contribution >= 4 is 29.0 Å². The van der Waals surface area contributed by atoms with Crippen molar-refractivity contribution in [1.82, 2.24) is 4.90 Å². The van der Waals surface area contributed by atoms with Crippen LogP contribution in [0.25, 0.3) is 0 Å². The third-order valence-electron chi connectivity index (χ3n) is 5.76. The summed E-state index contributed by atoms with van der Waals surface area (Å²) in [4.78, 5) is 19.7. The normalized spacial score (nSPS) is 17.3. The molecule has 0 aliphatic carbocycles. The van der Waals surface area contributed by atoms with Gasteiger partial charge in [0, 0.05) is 27.9 Å². The van der Waals surface area contributed by atoms with Crippen LogP contribution in [0, 0.1) is 0 Å². The minimum atomic E-state index is -0.331. The summed E-state index contributed by atoms with van der Waals surface area (Å²) < 4.78 is 0. The van der Waals surface area contributed by atoms with E-state index in [0.717, 1.165) is 24.9 Å². The van der Waals surface area contributed by atoms with Crippen LogP contribution in [-0.2, 0) is 6.42 Å². The minimum Gasteiger partial charge on any atom is -0.366 e. The van der Waals surface area contributed by atoms with Crippen molar-refractivity contribution in [3.63, 3.8) is 0 Å². The molecule has 0 saturated carbocycles. The van der Waals surface area contributed by atoms with Gasteiger partial charge in [-0.05, 0) is 69.1 Å². The Morgan fingerprint density at radius 3 is 2.61 bits per heavy atom. The molecule has 148 valence electrons. The van der Waals surface area contributed by atoms with Gasteiger partial charge in [0.2, 0.25) is 5.91 Å². The Bertz CT molecular complexity index is 876. The number of likely N-dealkylation sites (tertiary alicyclic amines) is 1. The molecule has 1 fully saturated rings. The highest BCUT2D eigenvalue weighted by molar-refractivity contribution is 7.99. The molecule has 1 unspecified atom stereocenters.